The fourth-order valence-electron chi connectivity index (χ4n) is 1.83. The van der Waals surface area contributed by atoms with Gasteiger partial charge in [0, 0.05) is 5.56 Å². The monoisotopic (exact) mass is 254 g/mol. The summed E-state index contributed by atoms with van der Waals surface area (Å²) in [5.41, 5.74) is 3.11. The molecule has 0 spiro atoms. The summed E-state index contributed by atoms with van der Waals surface area (Å²) in [5, 5.41) is 0. The highest BCUT2D eigenvalue weighted by Crippen LogP contribution is 2.13. The molecule has 2 aromatic rings. The average Bonchev–Trinajstić information content (AvgIpc) is 2.40. The van der Waals surface area contributed by atoms with Crippen LogP contribution in [0.1, 0.15) is 27.0 Å². The molecule has 0 fully saturated rings. The molecule has 96 valence electrons. The third kappa shape index (κ3) is 3.16. The highest BCUT2D eigenvalue weighted by Gasteiger charge is 2.04. The van der Waals surface area contributed by atoms with Gasteiger partial charge in [-0.2, -0.15) is 0 Å². The van der Waals surface area contributed by atoms with Gasteiger partial charge in [0.1, 0.15) is 5.82 Å². The Morgan fingerprint density at radius 1 is 1.05 bits per heavy atom. The normalized spacial score (nSPS) is 10.9. The Bertz CT molecular complexity index is 641. The van der Waals surface area contributed by atoms with Crippen LogP contribution in [-0.2, 0) is 0 Å². The van der Waals surface area contributed by atoms with Gasteiger partial charge in [-0.15, -0.1) is 0 Å². The number of rotatable bonds is 3. The Morgan fingerprint density at radius 2 is 1.79 bits per heavy atom. The minimum Gasteiger partial charge on any atom is -0.289 e. The van der Waals surface area contributed by atoms with Gasteiger partial charge in [-0.25, -0.2) is 4.39 Å². The summed E-state index contributed by atoms with van der Waals surface area (Å²) >= 11 is 0. The molecular weight excluding hydrogens is 239 g/mol. The number of halogens is 1. The Balaban J connectivity index is 2.21. The van der Waals surface area contributed by atoms with Crippen LogP contribution in [0.15, 0.2) is 48.5 Å². The second-order valence-electron chi connectivity index (χ2n) is 4.52. The van der Waals surface area contributed by atoms with Crippen LogP contribution in [-0.4, -0.2) is 5.78 Å². The molecule has 0 atom stereocenters. The summed E-state index contributed by atoms with van der Waals surface area (Å²) in [5.74, 6) is -0.411. The van der Waals surface area contributed by atoms with E-state index in [2.05, 4.69) is 0 Å². The molecule has 0 N–H and O–H groups in total. The lowest BCUT2D eigenvalue weighted by Gasteiger charge is -2.01. The highest BCUT2D eigenvalue weighted by molar-refractivity contribution is 6.06. The second kappa shape index (κ2) is 5.61. The van der Waals surface area contributed by atoms with Gasteiger partial charge in [0.25, 0.3) is 0 Å². The van der Waals surface area contributed by atoms with Crippen LogP contribution in [0, 0.1) is 19.7 Å². The average molecular weight is 254 g/mol. The van der Waals surface area contributed by atoms with E-state index in [1.54, 1.807) is 19.1 Å². The Hall–Kier alpha value is -2.22. The zero-order valence-electron chi connectivity index (χ0n) is 11.0. The SMILES string of the molecule is Cc1cc(C(=O)/C=C/c2ccccc2C)ccc1F. The smallest absolute Gasteiger partial charge is 0.185 e. The molecule has 1 nitrogen and oxygen atoms in total. The molecule has 0 aromatic heterocycles. The van der Waals surface area contributed by atoms with E-state index < -0.39 is 0 Å². The fraction of sp³-hybridized carbons (Fsp3) is 0.118. The topological polar surface area (TPSA) is 17.1 Å². The van der Waals surface area contributed by atoms with E-state index in [-0.39, 0.29) is 11.6 Å². The molecule has 0 amide bonds. The van der Waals surface area contributed by atoms with Crippen LogP contribution in [0.25, 0.3) is 6.08 Å². The largest absolute Gasteiger partial charge is 0.289 e. The third-order valence-electron chi connectivity index (χ3n) is 3.05. The number of benzene rings is 2. The molecule has 0 bridgehead atoms. The summed E-state index contributed by atoms with van der Waals surface area (Å²) in [6.07, 6.45) is 3.31. The standard InChI is InChI=1S/C17H15FO/c1-12-5-3-4-6-14(12)8-10-17(19)15-7-9-16(18)13(2)11-15/h3-11H,1-2H3/b10-8+. The van der Waals surface area contributed by atoms with E-state index in [4.69, 9.17) is 0 Å². The summed E-state index contributed by atoms with van der Waals surface area (Å²) < 4.78 is 13.1. The van der Waals surface area contributed by atoms with Gasteiger partial charge in [0.15, 0.2) is 5.78 Å². The van der Waals surface area contributed by atoms with Crippen molar-refractivity contribution in [3.8, 4) is 0 Å². The minimum atomic E-state index is -0.292. The predicted molar refractivity (Wildman–Crippen MR) is 75.7 cm³/mol. The summed E-state index contributed by atoms with van der Waals surface area (Å²) in [7, 11) is 0. The van der Waals surface area contributed by atoms with Crippen LogP contribution < -0.4 is 0 Å². The van der Waals surface area contributed by atoms with E-state index in [1.807, 2.05) is 31.2 Å². The van der Waals surface area contributed by atoms with E-state index in [0.29, 0.717) is 11.1 Å². The van der Waals surface area contributed by atoms with E-state index >= 15 is 0 Å². The number of carbonyl (C=O) groups is 1. The molecule has 2 heteroatoms. The first-order valence-corrected chi connectivity index (χ1v) is 6.12. The van der Waals surface area contributed by atoms with Crippen LogP contribution >= 0.6 is 0 Å². The molecule has 0 heterocycles. The van der Waals surface area contributed by atoms with Crippen molar-refractivity contribution in [2.45, 2.75) is 13.8 Å². The van der Waals surface area contributed by atoms with Crippen molar-refractivity contribution in [2.24, 2.45) is 0 Å². The van der Waals surface area contributed by atoms with Crippen molar-refractivity contribution in [1.82, 2.24) is 0 Å². The van der Waals surface area contributed by atoms with Gasteiger partial charge >= 0.3 is 0 Å². The van der Waals surface area contributed by atoms with Crippen molar-refractivity contribution >= 4 is 11.9 Å². The molecule has 0 saturated carbocycles. The molecule has 2 aromatic carbocycles. The number of allylic oxidation sites excluding steroid dienone is 1. The Morgan fingerprint density at radius 3 is 2.47 bits per heavy atom. The highest BCUT2D eigenvalue weighted by atomic mass is 19.1. The van der Waals surface area contributed by atoms with Crippen molar-refractivity contribution in [3.63, 3.8) is 0 Å². The maximum atomic E-state index is 13.1. The van der Waals surface area contributed by atoms with Gasteiger partial charge in [-0.3, -0.25) is 4.79 Å². The number of aryl methyl sites for hydroxylation is 2. The van der Waals surface area contributed by atoms with Crippen LogP contribution in [0.5, 0.6) is 0 Å². The van der Waals surface area contributed by atoms with Crippen molar-refractivity contribution in [1.29, 1.82) is 0 Å². The quantitative estimate of drug-likeness (QED) is 0.588. The maximum Gasteiger partial charge on any atom is 0.185 e. The van der Waals surface area contributed by atoms with Gasteiger partial charge < -0.3 is 0 Å². The van der Waals surface area contributed by atoms with E-state index in [0.717, 1.165) is 11.1 Å². The zero-order valence-corrected chi connectivity index (χ0v) is 11.0. The Labute approximate surface area is 112 Å². The molecule has 0 radical (unpaired) electrons. The lowest BCUT2D eigenvalue weighted by atomic mass is 10.0. The predicted octanol–water partition coefficient (Wildman–Crippen LogP) is 4.34. The van der Waals surface area contributed by atoms with Crippen molar-refractivity contribution < 1.29 is 9.18 Å². The van der Waals surface area contributed by atoms with Crippen LogP contribution in [0.2, 0.25) is 0 Å². The number of carbonyl (C=O) groups excluding carboxylic acids is 1. The lowest BCUT2D eigenvalue weighted by Crippen LogP contribution is -1.96. The van der Waals surface area contributed by atoms with Gasteiger partial charge in [0.05, 0.1) is 0 Å². The lowest BCUT2D eigenvalue weighted by molar-refractivity contribution is 0.104. The number of hydrogen-bond acceptors (Lipinski definition) is 1. The van der Waals surface area contributed by atoms with E-state index in [1.165, 1.54) is 18.2 Å². The maximum absolute atomic E-state index is 13.1. The molecule has 19 heavy (non-hydrogen) atoms. The van der Waals surface area contributed by atoms with Crippen molar-refractivity contribution in [3.05, 3.63) is 76.6 Å². The molecule has 0 aliphatic heterocycles. The second-order valence-corrected chi connectivity index (χ2v) is 4.52. The first-order valence-electron chi connectivity index (χ1n) is 6.12. The first-order chi connectivity index (χ1) is 9.08. The van der Waals surface area contributed by atoms with Crippen LogP contribution in [0.4, 0.5) is 4.39 Å². The summed E-state index contributed by atoms with van der Waals surface area (Å²) in [6.45, 7) is 3.64. The van der Waals surface area contributed by atoms with E-state index in [9.17, 15) is 9.18 Å². The van der Waals surface area contributed by atoms with Gasteiger partial charge in [-0.1, -0.05) is 30.3 Å². The fourth-order valence-corrected chi connectivity index (χ4v) is 1.83. The molecule has 2 rings (SSSR count). The third-order valence-corrected chi connectivity index (χ3v) is 3.05. The molecular formula is C17H15FO. The first kappa shape index (κ1) is 13.2. The number of hydrogen-bond donors (Lipinski definition) is 0. The van der Waals surface area contributed by atoms with Crippen molar-refractivity contribution in [2.75, 3.05) is 0 Å². The molecule has 0 aliphatic carbocycles. The summed E-state index contributed by atoms with van der Waals surface area (Å²) in [6, 6.07) is 12.2. The minimum absolute atomic E-state index is 0.119. The number of ketones is 1. The molecule has 0 aliphatic rings. The Kier molecular flexibility index (Phi) is 3.91. The zero-order chi connectivity index (χ0) is 13.8. The molecule has 0 saturated heterocycles. The summed E-state index contributed by atoms with van der Waals surface area (Å²) in [4.78, 5) is 12.0. The van der Waals surface area contributed by atoms with Crippen LogP contribution in [0.3, 0.4) is 0 Å². The molecule has 0 unspecified atom stereocenters. The van der Waals surface area contributed by atoms with Gasteiger partial charge in [0.2, 0.25) is 0 Å². The van der Waals surface area contributed by atoms with Gasteiger partial charge in [-0.05, 0) is 54.8 Å².